The number of thioether (sulfide) groups is 1. The number of hydrogen-bond donors (Lipinski definition) is 0. The molecule has 3 amide bonds. The number of carbonyl (C=O) groups is 3. The van der Waals surface area contributed by atoms with E-state index < -0.39 is 17.0 Å². The SMILES string of the molecule is O=C(CN1C(=O)S/C(=C\c2c(F)cccc2Cl)C1=O)N1CCOCC1. The number of halogens is 2. The van der Waals surface area contributed by atoms with Crippen molar-refractivity contribution in [2.75, 3.05) is 32.8 Å². The van der Waals surface area contributed by atoms with E-state index in [1.165, 1.54) is 24.3 Å². The first kappa shape index (κ1) is 17.9. The Balaban J connectivity index is 1.76. The molecule has 132 valence electrons. The monoisotopic (exact) mass is 384 g/mol. The summed E-state index contributed by atoms with van der Waals surface area (Å²) in [5, 5.41) is -0.429. The predicted molar refractivity (Wildman–Crippen MR) is 91.5 cm³/mol. The van der Waals surface area contributed by atoms with E-state index in [-0.39, 0.29) is 27.9 Å². The van der Waals surface area contributed by atoms with Crippen LogP contribution in [0, 0.1) is 5.82 Å². The van der Waals surface area contributed by atoms with Gasteiger partial charge in [-0.15, -0.1) is 0 Å². The van der Waals surface area contributed by atoms with Crippen LogP contribution in [0.4, 0.5) is 9.18 Å². The van der Waals surface area contributed by atoms with Crippen molar-refractivity contribution in [3.8, 4) is 0 Å². The van der Waals surface area contributed by atoms with Crippen molar-refractivity contribution in [3.05, 3.63) is 39.5 Å². The third kappa shape index (κ3) is 3.86. The van der Waals surface area contributed by atoms with E-state index in [2.05, 4.69) is 0 Å². The molecule has 2 fully saturated rings. The number of nitrogens with zero attached hydrogens (tertiary/aromatic N) is 2. The maximum Gasteiger partial charge on any atom is 0.294 e. The highest BCUT2D eigenvalue weighted by atomic mass is 35.5. The number of benzene rings is 1. The molecule has 1 aromatic rings. The lowest BCUT2D eigenvalue weighted by Gasteiger charge is -2.28. The average molecular weight is 385 g/mol. The molecule has 0 aromatic heterocycles. The van der Waals surface area contributed by atoms with Gasteiger partial charge in [-0.1, -0.05) is 17.7 Å². The molecule has 2 aliphatic rings. The first-order valence-electron chi connectivity index (χ1n) is 7.52. The van der Waals surface area contributed by atoms with Crippen LogP contribution >= 0.6 is 23.4 Å². The Bertz CT molecular complexity index is 744. The summed E-state index contributed by atoms with van der Waals surface area (Å²) in [6, 6.07) is 4.15. The summed E-state index contributed by atoms with van der Waals surface area (Å²) in [6.07, 6.45) is 1.24. The molecule has 0 unspecified atom stereocenters. The minimum Gasteiger partial charge on any atom is -0.378 e. The third-order valence-corrected chi connectivity index (χ3v) is 5.04. The quantitative estimate of drug-likeness (QED) is 0.748. The van der Waals surface area contributed by atoms with Crippen molar-refractivity contribution in [2.45, 2.75) is 0 Å². The zero-order chi connectivity index (χ0) is 18.0. The van der Waals surface area contributed by atoms with E-state index in [1.807, 2.05) is 0 Å². The van der Waals surface area contributed by atoms with Crippen LogP contribution in [0.3, 0.4) is 0 Å². The second-order valence-corrected chi connectivity index (χ2v) is 6.80. The Hall–Kier alpha value is -1.90. The van der Waals surface area contributed by atoms with Gasteiger partial charge in [0.1, 0.15) is 12.4 Å². The number of imide groups is 1. The number of hydrogen-bond acceptors (Lipinski definition) is 5. The molecule has 2 saturated heterocycles. The second-order valence-electron chi connectivity index (χ2n) is 5.40. The van der Waals surface area contributed by atoms with Gasteiger partial charge < -0.3 is 9.64 Å². The largest absolute Gasteiger partial charge is 0.378 e. The summed E-state index contributed by atoms with van der Waals surface area (Å²) < 4.78 is 19.0. The molecule has 0 radical (unpaired) electrons. The van der Waals surface area contributed by atoms with Gasteiger partial charge in [-0.3, -0.25) is 19.3 Å². The summed E-state index contributed by atoms with van der Waals surface area (Å²) in [5.74, 6) is -1.55. The Morgan fingerprint density at radius 3 is 2.72 bits per heavy atom. The highest BCUT2D eigenvalue weighted by molar-refractivity contribution is 8.18. The molecule has 0 aliphatic carbocycles. The molecular weight excluding hydrogens is 371 g/mol. The summed E-state index contributed by atoms with van der Waals surface area (Å²) >= 11 is 6.60. The van der Waals surface area contributed by atoms with Crippen LogP contribution in [-0.2, 0) is 14.3 Å². The Kier molecular flexibility index (Phi) is 5.41. The van der Waals surface area contributed by atoms with Crippen LogP contribution in [0.15, 0.2) is 23.1 Å². The lowest BCUT2D eigenvalue weighted by atomic mass is 10.2. The van der Waals surface area contributed by atoms with Gasteiger partial charge in [0.05, 0.1) is 23.1 Å². The van der Waals surface area contributed by atoms with E-state index in [1.54, 1.807) is 4.90 Å². The normalized spacial score (nSPS) is 19.8. The molecule has 25 heavy (non-hydrogen) atoms. The average Bonchev–Trinajstić information content (AvgIpc) is 2.86. The van der Waals surface area contributed by atoms with Crippen LogP contribution < -0.4 is 0 Å². The molecule has 9 heteroatoms. The van der Waals surface area contributed by atoms with Crippen molar-refractivity contribution >= 4 is 46.5 Å². The van der Waals surface area contributed by atoms with Crippen LogP contribution in [0.25, 0.3) is 6.08 Å². The fourth-order valence-electron chi connectivity index (χ4n) is 2.46. The van der Waals surface area contributed by atoms with Gasteiger partial charge in [0.25, 0.3) is 11.1 Å². The number of amides is 3. The molecule has 0 bridgehead atoms. The molecule has 2 aliphatic heterocycles. The van der Waals surface area contributed by atoms with Crippen molar-refractivity contribution in [1.29, 1.82) is 0 Å². The van der Waals surface area contributed by atoms with Crippen molar-refractivity contribution in [1.82, 2.24) is 9.80 Å². The second kappa shape index (κ2) is 7.55. The maximum absolute atomic E-state index is 13.9. The summed E-state index contributed by atoms with van der Waals surface area (Å²) in [6.45, 7) is 1.37. The minimum atomic E-state index is -0.629. The van der Waals surface area contributed by atoms with Gasteiger partial charge in [0.15, 0.2) is 0 Å². The van der Waals surface area contributed by atoms with Gasteiger partial charge in [0, 0.05) is 18.7 Å². The molecule has 0 N–H and O–H groups in total. The third-order valence-electron chi connectivity index (χ3n) is 3.81. The fourth-order valence-corrected chi connectivity index (χ4v) is 3.50. The molecule has 6 nitrogen and oxygen atoms in total. The van der Waals surface area contributed by atoms with Crippen LogP contribution in [0.1, 0.15) is 5.56 Å². The minimum absolute atomic E-state index is 0.0341. The standard InChI is InChI=1S/C16H14ClFN2O4S/c17-11-2-1-3-12(18)10(11)8-13-15(22)20(16(23)25-13)9-14(21)19-4-6-24-7-5-19/h1-3,8H,4-7,9H2/b13-8-. The molecule has 0 atom stereocenters. The van der Waals surface area contributed by atoms with E-state index in [9.17, 15) is 18.8 Å². The van der Waals surface area contributed by atoms with Crippen molar-refractivity contribution < 1.29 is 23.5 Å². The van der Waals surface area contributed by atoms with Crippen molar-refractivity contribution in [3.63, 3.8) is 0 Å². The predicted octanol–water partition coefficient (Wildman–Crippen LogP) is 2.37. The zero-order valence-corrected chi connectivity index (χ0v) is 14.6. The van der Waals surface area contributed by atoms with Gasteiger partial charge in [-0.05, 0) is 30.0 Å². The van der Waals surface area contributed by atoms with E-state index >= 15 is 0 Å². The van der Waals surface area contributed by atoms with E-state index in [0.717, 1.165) is 4.90 Å². The van der Waals surface area contributed by atoms with Gasteiger partial charge in [-0.2, -0.15) is 0 Å². The first-order valence-corrected chi connectivity index (χ1v) is 8.71. The molecular formula is C16H14ClFN2O4S. The van der Waals surface area contributed by atoms with Crippen molar-refractivity contribution in [2.24, 2.45) is 0 Å². The van der Waals surface area contributed by atoms with Crippen LogP contribution in [0.2, 0.25) is 5.02 Å². The zero-order valence-electron chi connectivity index (χ0n) is 13.0. The smallest absolute Gasteiger partial charge is 0.294 e. The number of carbonyl (C=O) groups excluding carboxylic acids is 3. The highest BCUT2D eigenvalue weighted by Crippen LogP contribution is 2.34. The first-order chi connectivity index (χ1) is 12.0. The molecule has 2 heterocycles. The summed E-state index contributed by atoms with van der Waals surface area (Å²) in [7, 11) is 0. The maximum atomic E-state index is 13.9. The molecule has 1 aromatic carbocycles. The Morgan fingerprint density at radius 2 is 2.04 bits per heavy atom. The number of morpholine rings is 1. The number of rotatable bonds is 3. The number of ether oxygens (including phenoxy) is 1. The van der Waals surface area contributed by atoms with E-state index in [0.29, 0.717) is 38.1 Å². The Morgan fingerprint density at radius 1 is 1.32 bits per heavy atom. The summed E-state index contributed by atoms with van der Waals surface area (Å²) in [4.78, 5) is 39.2. The van der Waals surface area contributed by atoms with Gasteiger partial charge in [-0.25, -0.2) is 4.39 Å². The fraction of sp³-hybridized carbons (Fsp3) is 0.312. The highest BCUT2D eigenvalue weighted by Gasteiger charge is 2.37. The van der Waals surface area contributed by atoms with E-state index in [4.69, 9.17) is 16.3 Å². The van der Waals surface area contributed by atoms with Gasteiger partial charge in [0.2, 0.25) is 5.91 Å². The molecule has 0 spiro atoms. The Labute approximate surface area is 152 Å². The summed E-state index contributed by atoms with van der Waals surface area (Å²) in [5.41, 5.74) is 0.0363. The topological polar surface area (TPSA) is 66.9 Å². The molecule has 0 saturated carbocycles. The van der Waals surface area contributed by atoms with Crippen LogP contribution in [-0.4, -0.2) is 59.7 Å². The molecule has 3 rings (SSSR count). The van der Waals surface area contributed by atoms with Crippen LogP contribution in [0.5, 0.6) is 0 Å². The lowest BCUT2D eigenvalue weighted by Crippen LogP contribution is -2.46. The van der Waals surface area contributed by atoms with Gasteiger partial charge >= 0.3 is 0 Å². The lowest BCUT2D eigenvalue weighted by molar-refractivity contribution is -0.139.